The van der Waals surface area contributed by atoms with Crippen molar-refractivity contribution in [2.75, 3.05) is 4.90 Å². The van der Waals surface area contributed by atoms with Crippen molar-refractivity contribution in [3.05, 3.63) is 145 Å². The van der Waals surface area contributed by atoms with Gasteiger partial charge in [0.25, 0.3) is 0 Å². The summed E-state index contributed by atoms with van der Waals surface area (Å²) >= 11 is 1.74. The minimum Gasteiger partial charge on any atom is -0.310 e. The molecule has 1 aromatic heterocycles. The van der Waals surface area contributed by atoms with Crippen LogP contribution in [-0.2, 0) is 5.41 Å². The molecule has 1 aliphatic carbocycles. The Morgan fingerprint density at radius 3 is 2.22 bits per heavy atom. The predicted molar refractivity (Wildman–Crippen MR) is 175 cm³/mol. The summed E-state index contributed by atoms with van der Waals surface area (Å²) in [6.45, 7) is 4.69. The number of thiazole rings is 1. The molecule has 0 fully saturated rings. The van der Waals surface area contributed by atoms with Gasteiger partial charge in [-0.05, 0) is 64.0 Å². The molecule has 6 aromatic carbocycles. The standard InChI is InChI=1S/C38H28N2S/c1-38(2)32-17-9-8-16-30(32)31-21-19-27(23-33(31)38)40(35-18-10-14-25-11-6-7-15-29(25)35)28-20-22-36-34(24-28)39-37(41-36)26-12-4-3-5-13-26/h3-24H,1-2H3. The third kappa shape index (κ3) is 3.81. The van der Waals surface area contributed by atoms with E-state index in [2.05, 4.69) is 146 Å². The van der Waals surface area contributed by atoms with Crippen molar-refractivity contribution in [2.24, 2.45) is 0 Å². The summed E-state index contributed by atoms with van der Waals surface area (Å²) in [5.41, 5.74) is 10.9. The van der Waals surface area contributed by atoms with Crippen LogP contribution in [0.1, 0.15) is 25.0 Å². The lowest BCUT2D eigenvalue weighted by Crippen LogP contribution is -2.16. The first-order valence-corrected chi connectivity index (χ1v) is 14.9. The normalized spacial score (nSPS) is 13.3. The molecule has 41 heavy (non-hydrogen) atoms. The van der Waals surface area contributed by atoms with Crippen LogP contribution in [0.4, 0.5) is 17.1 Å². The van der Waals surface area contributed by atoms with Gasteiger partial charge in [-0.25, -0.2) is 4.98 Å². The summed E-state index contributed by atoms with van der Waals surface area (Å²) in [6, 6.07) is 48.2. The van der Waals surface area contributed by atoms with Gasteiger partial charge in [-0.1, -0.05) is 111 Å². The molecule has 0 unspecified atom stereocenters. The van der Waals surface area contributed by atoms with Gasteiger partial charge in [0.05, 0.1) is 15.9 Å². The SMILES string of the molecule is CC1(C)c2ccccc2-c2ccc(N(c3ccc4sc(-c5ccccc5)nc4c3)c3cccc4ccccc34)cc21. The van der Waals surface area contributed by atoms with Crippen molar-refractivity contribution in [1.29, 1.82) is 0 Å². The quantitative estimate of drug-likeness (QED) is 0.219. The van der Waals surface area contributed by atoms with E-state index >= 15 is 0 Å². The molecule has 8 rings (SSSR count). The predicted octanol–water partition coefficient (Wildman–Crippen LogP) is 10.9. The van der Waals surface area contributed by atoms with Crippen LogP contribution in [0, 0.1) is 0 Å². The van der Waals surface area contributed by atoms with Gasteiger partial charge in [0.1, 0.15) is 5.01 Å². The summed E-state index contributed by atoms with van der Waals surface area (Å²) in [5, 5.41) is 3.50. The molecule has 0 amide bonds. The maximum absolute atomic E-state index is 5.08. The average molecular weight is 545 g/mol. The molecule has 1 aliphatic rings. The van der Waals surface area contributed by atoms with E-state index in [4.69, 9.17) is 4.98 Å². The Kier molecular flexibility index (Phi) is 5.38. The van der Waals surface area contributed by atoms with Crippen LogP contribution in [-0.4, -0.2) is 4.98 Å². The van der Waals surface area contributed by atoms with E-state index in [1.54, 1.807) is 11.3 Å². The number of benzene rings is 6. The molecule has 7 aromatic rings. The highest BCUT2D eigenvalue weighted by Crippen LogP contribution is 2.51. The van der Waals surface area contributed by atoms with Gasteiger partial charge < -0.3 is 4.90 Å². The van der Waals surface area contributed by atoms with Crippen LogP contribution < -0.4 is 4.90 Å². The second-order valence-electron chi connectivity index (χ2n) is 11.3. The molecule has 0 radical (unpaired) electrons. The molecular formula is C38H28N2S. The Morgan fingerprint density at radius 2 is 1.32 bits per heavy atom. The third-order valence-corrected chi connectivity index (χ3v) is 9.57. The zero-order valence-corrected chi connectivity index (χ0v) is 23.8. The van der Waals surface area contributed by atoms with Gasteiger partial charge in [0.15, 0.2) is 0 Å². The highest BCUT2D eigenvalue weighted by Gasteiger charge is 2.35. The Hall–Kier alpha value is -4.73. The molecule has 1 heterocycles. The molecule has 0 aliphatic heterocycles. The van der Waals surface area contributed by atoms with Gasteiger partial charge in [-0.15, -0.1) is 11.3 Å². The van der Waals surface area contributed by atoms with Crippen molar-refractivity contribution in [3.63, 3.8) is 0 Å². The van der Waals surface area contributed by atoms with Crippen LogP contribution in [0.5, 0.6) is 0 Å². The summed E-state index contributed by atoms with van der Waals surface area (Å²) in [5.74, 6) is 0. The van der Waals surface area contributed by atoms with E-state index in [0.29, 0.717) is 0 Å². The zero-order chi connectivity index (χ0) is 27.6. The fraction of sp³-hybridized carbons (Fsp3) is 0.0789. The number of hydrogen-bond donors (Lipinski definition) is 0. The maximum atomic E-state index is 5.08. The Morgan fingerprint density at radius 1 is 0.610 bits per heavy atom. The summed E-state index contributed by atoms with van der Waals surface area (Å²) in [6.07, 6.45) is 0. The van der Waals surface area contributed by atoms with Crippen molar-refractivity contribution in [1.82, 2.24) is 4.98 Å². The molecular weight excluding hydrogens is 516 g/mol. The van der Waals surface area contributed by atoms with Crippen LogP contribution in [0.25, 0.3) is 42.7 Å². The number of rotatable bonds is 4. The maximum Gasteiger partial charge on any atom is 0.124 e. The van der Waals surface area contributed by atoms with E-state index in [9.17, 15) is 0 Å². The summed E-state index contributed by atoms with van der Waals surface area (Å²) < 4.78 is 1.19. The van der Waals surface area contributed by atoms with Crippen molar-refractivity contribution in [2.45, 2.75) is 19.3 Å². The van der Waals surface area contributed by atoms with E-state index < -0.39 is 0 Å². The lowest BCUT2D eigenvalue weighted by atomic mass is 9.82. The molecule has 3 heteroatoms. The number of hydrogen-bond acceptors (Lipinski definition) is 3. The second-order valence-corrected chi connectivity index (χ2v) is 12.3. The van der Waals surface area contributed by atoms with Gasteiger partial charge >= 0.3 is 0 Å². The molecule has 0 saturated heterocycles. The zero-order valence-electron chi connectivity index (χ0n) is 23.0. The lowest BCUT2D eigenvalue weighted by molar-refractivity contribution is 0.660. The topological polar surface area (TPSA) is 16.1 Å². The van der Waals surface area contributed by atoms with Gasteiger partial charge in [-0.3, -0.25) is 0 Å². The smallest absolute Gasteiger partial charge is 0.124 e. The molecule has 0 bridgehead atoms. The minimum atomic E-state index is -0.0736. The summed E-state index contributed by atoms with van der Waals surface area (Å²) in [7, 11) is 0. The number of fused-ring (bicyclic) bond motifs is 5. The van der Waals surface area contributed by atoms with Gasteiger partial charge in [-0.2, -0.15) is 0 Å². The van der Waals surface area contributed by atoms with Crippen molar-refractivity contribution in [3.8, 4) is 21.7 Å². The van der Waals surface area contributed by atoms with Crippen LogP contribution in [0.3, 0.4) is 0 Å². The van der Waals surface area contributed by atoms with Crippen LogP contribution in [0.15, 0.2) is 133 Å². The van der Waals surface area contributed by atoms with E-state index in [1.165, 1.54) is 37.7 Å². The highest BCUT2D eigenvalue weighted by atomic mass is 32.1. The first kappa shape index (κ1) is 24.1. The number of aromatic nitrogens is 1. The molecule has 0 saturated carbocycles. The highest BCUT2D eigenvalue weighted by molar-refractivity contribution is 7.21. The molecule has 0 spiro atoms. The van der Waals surface area contributed by atoms with Crippen molar-refractivity contribution < 1.29 is 0 Å². The van der Waals surface area contributed by atoms with Crippen LogP contribution in [0.2, 0.25) is 0 Å². The molecule has 2 nitrogen and oxygen atoms in total. The fourth-order valence-corrected chi connectivity index (χ4v) is 7.37. The van der Waals surface area contributed by atoms with E-state index in [-0.39, 0.29) is 5.41 Å². The van der Waals surface area contributed by atoms with Crippen molar-refractivity contribution >= 4 is 49.4 Å². The molecule has 0 atom stereocenters. The first-order valence-electron chi connectivity index (χ1n) is 14.1. The molecule has 196 valence electrons. The third-order valence-electron chi connectivity index (χ3n) is 8.48. The minimum absolute atomic E-state index is 0.0736. The fourth-order valence-electron chi connectivity index (χ4n) is 6.42. The van der Waals surface area contributed by atoms with E-state index in [0.717, 1.165) is 33.1 Å². The Labute approximate surface area is 244 Å². The average Bonchev–Trinajstić information content (AvgIpc) is 3.54. The Balaban J connectivity index is 1.34. The van der Waals surface area contributed by atoms with Gasteiger partial charge in [0, 0.05) is 27.7 Å². The number of nitrogens with zero attached hydrogens (tertiary/aromatic N) is 2. The monoisotopic (exact) mass is 544 g/mol. The largest absolute Gasteiger partial charge is 0.310 e. The lowest BCUT2D eigenvalue weighted by Gasteiger charge is -2.29. The van der Waals surface area contributed by atoms with Crippen LogP contribution >= 0.6 is 11.3 Å². The second kappa shape index (κ2) is 9.15. The first-order chi connectivity index (χ1) is 20.1. The number of anilines is 3. The summed E-state index contributed by atoms with van der Waals surface area (Å²) in [4.78, 5) is 7.48. The van der Waals surface area contributed by atoms with E-state index in [1.807, 2.05) is 6.07 Å². The van der Waals surface area contributed by atoms with Gasteiger partial charge in [0.2, 0.25) is 0 Å². The molecule has 0 N–H and O–H groups in total. The Bertz CT molecular complexity index is 2080.